The lowest BCUT2D eigenvalue weighted by molar-refractivity contribution is -0.136. The second-order valence-electron chi connectivity index (χ2n) is 4.41. The molecule has 1 heterocycles. The van der Waals surface area contributed by atoms with Gasteiger partial charge in [0.25, 0.3) is 0 Å². The maximum absolute atomic E-state index is 11.6. The zero-order valence-electron chi connectivity index (χ0n) is 10.8. The lowest BCUT2D eigenvalue weighted by Crippen LogP contribution is -2.03. The minimum absolute atomic E-state index is 0.0880. The molecular weight excluding hydrogens is 246 g/mol. The SMILES string of the molecule is COC(=O)c1cc2[nH]cc(CCC(=O)O)c2cc1C. The van der Waals surface area contributed by atoms with Gasteiger partial charge in [-0.25, -0.2) is 4.79 Å². The van der Waals surface area contributed by atoms with E-state index in [1.807, 2.05) is 13.0 Å². The molecule has 2 rings (SSSR count). The number of esters is 1. The minimum Gasteiger partial charge on any atom is -0.481 e. The molecule has 0 saturated heterocycles. The van der Waals surface area contributed by atoms with Crippen LogP contribution in [0.3, 0.4) is 0 Å². The Bertz CT molecular complexity index is 642. The van der Waals surface area contributed by atoms with Gasteiger partial charge in [-0.2, -0.15) is 0 Å². The Morgan fingerprint density at radius 3 is 2.74 bits per heavy atom. The molecule has 19 heavy (non-hydrogen) atoms. The van der Waals surface area contributed by atoms with Crippen LogP contribution >= 0.6 is 0 Å². The molecule has 1 aromatic heterocycles. The van der Waals surface area contributed by atoms with E-state index in [9.17, 15) is 9.59 Å². The Hall–Kier alpha value is -2.30. The smallest absolute Gasteiger partial charge is 0.338 e. The fourth-order valence-corrected chi connectivity index (χ4v) is 2.11. The van der Waals surface area contributed by atoms with Crippen LogP contribution in [0.15, 0.2) is 18.3 Å². The van der Waals surface area contributed by atoms with Crippen molar-refractivity contribution in [1.29, 1.82) is 0 Å². The Labute approximate surface area is 110 Å². The highest BCUT2D eigenvalue weighted by atomic mass is 16.5. The highest BCUT2D eigenvalue weighted by molar-refractivity contribution is 5.97. The summed E-state index contributed by atoms with van der Waals surface area (Å²) in [7, 11) is 1.35. The summed E-state index contributed by atoms with van der Waals surface area (Å²) in [6.07, 6.45) is 2.34. The molecule has 0 spiro atoms. The topological polar surface area (TPSA) is 79.4 Å². The number of fused-ring (bicyclic) bond motifs is 1. The standard InChI is InChI=1S/C14H15NO4/c1-8-5-11-9(3-4-13(16)17)7-15-12(11)6-10(8)14(18)19-2/h5-7,15H,3-4H2,1-2H3,(H,16,17). The van der Waals surface area contributed by atoms with Gasteiger partial charge in [-0.15, -0.1) is 0 Å². The summed E-state index contributed by atoms with van der Waals surface area (Å²) < 4.78 is 4.72. The second-order valence-corrected chi connectivity index (χ2v) is 4.41. The first-order chi connectivity index (χ1) is 9.02. The number of methoxy groups -OCH3 is 1. The number of aliphatic carboxylic acids is 1. The third-order valence-electron chi connectivity index (χ3n) is 3.13. The van der Waals surface area contributed by atoms with E-state index in [1.165, 1.54) is 7.11 Å². The molecule has 1 aromatic carbocycles. The number of rotatable bonds is 4. The number of hydrogen-bond donors (Lipinski definition) is 2. The van der Waals surface area contributed by atoms with Gasteiger partial charge in [0, 0.05) is 23.5 Å². The van der Waals surface area contributed by atoms with E-state index in [4.69, 9.17) is 9.84 Å². The predicted octanol–water partition coefficient (Wildman–Crippen LogP) is 2.28. The van der Waals surface area contributed by atoms with Crippen LogP contribution in [0.4, 0.5) is 0 Å². The zero-order valence-corrected chi connectivity index (χ0v) is 10.8. The zero-order chi connectivity index (χ0) is 14.0. The van der Waals surface area contributed by atoms with Gasteiger partial charge in [-0.05, 0) is 36.6 Å². The molecule has 0 aliphatic heterocycles. The Kier molecular flexibility index (Phi) is 3.55. The first-order valence-corrected chi connectivity index (χ1v) is 5.93. The van der Waals surface area contributed by atoms with Crippen LogP contribution in [0.5, 0.6) is 0 Å². The normalized spacial score (nSPS) is 10.6. The van der Waals surface area contributed by atoms with Crippen molar-refractivity contribution in [3.8, 4) is 0 Å². The van der Waals surface area contributed by atoms with E-state index in [0.717, 1.165) is 22.0 Å². The fourth-order valence-electron chi connectivity index (χ4n) is 2.11. The maximum atomic E-state index is 11.6. The number of carbonyl (C=O) groups excluding carboxylic acids is 1. The van der Waals surface area contributed by atoms with Crippen molar-refractivity contribution in [3.05, 3.63) is 35.0 Å². The molecule has 100 valence electrons. The monoisotopic (exact) mass is 261 g/mol. The summed E-state index contributed by atoms with van der Waals surface area (Å²) in [6, 6.07) is 3.62. The number of H-pyrrole nitrogens is 1. The van der Waals surface area contributed by atoms with E-state index in [1.54, 1.807) is 12.3 Å². The van der Waals surface area contributed by atoms with Crippen LogP contribution < -0.4 is 0 Å². The van der Waals surface area contributed by atoms with Gasteiger partial charge in [-0.3, -0.25) is 4.79 Å². The Balaban J connectivity index is 2.42. The van der Waals surface area contributed by atoms with E-state index >= 15 is 0 Å². The van der Waals surface area contributed by atoms with Crippen LogP contribution in [0.25, 0.3) is 10.9 Å². The number of carbonyl (C=O) groups is 2. The summed E-state index contributed by atoms with van der Waals surface area (Å²) in [6.45, 7) is 1.83. The Morgan fingerprint density at radius 2 is 2.11 bits per heavy atom. The van der Waals surface area contributed by atoms with Crippen LogP contribution in [0.1, 0.15) is 27.9 Å². The van der Waals surface area contributed by atoms with Gasteiger partial charge in [0.2, 0.25) is 0 Å². The molecule has 5 nitrogen and oxygen atoms in total. The third kappa shape index (κ3) is 2.59. The number of aromatic nitrogens is 1. The van der Waals surface area contributed by atoms with Gasteiger partial charge >= 0.3 is 11.9 Å². The summed E-state index contributed by atoms with van der Waals surface area (Å²) >= 11 is 0. The quantitative estimate of drug-likeness (QED) is 0.827. The van der Waals surface area contributed by atoms with Gasteiger partial charge in [0.05, 0.1) is 12.7 Å². The molecule has 2 aromatic rings. The van der Waals surface area contributed by atoms with E-state index in [-0.39, 0.29) is 12.4 Å². The fraction of sp³-hybridized carbons (Fsp3) is 0.286. The number of aryl methyl sites for hydroxylation is 2. The van der Waals surface area contributed by atoms with Gasteiger partial charge in [0.15, 0.2) is 0 Å². The number of ether oxygens (including phenoxy) is 1. The number of nitrogens with one attached hydrogen (secondary N) is 1. The molecular formula is C14H15NO4. The molecule has 0 aliphatic carbocycles. The van der Waals surface area contributed by atoms with Gasteiger partial charge in [-0.1, -0.05) is 0 Å². The lowest BCUT2D eigenvalue weighted by Gasteiger charge is -2.05. The number of hydrogen-bond acceptors (Lipinski definition) is 3. The average molecular weight is 261 g/mol. The van der Waals surface area contributed by atoms with Crippen LogP contribution in [0, 0.1) is 6.92 Å². The molecule has 2 N–H and O–H groups in total. The van der Waals surface area contributed by atoms with Crippen LogP contribution in [-0.4, -0.2) is 29.1 Å². The molecule has 0 unspecified atom stereocenters. The Morgan fingerprint density at radius 1 is 1.37 bits per heavy atom. The summed E-state index contributed by atoms with van der Waals surface area (Å²) in [5.74, 6) is -1.20. The minimum atomic E-state index is -0.822. The van der Waals surface area contributed by atoms with Crippen molar-refractivity contribution in [3.63, 3.8) is 0 Å². The largest absolute Gasteiger partial charge is 0.481 e. The van der Waals surface area contributed by atoms with E-state index in [2.05, 4.69) is 4.98 Å². The predicted molar refractivity (Wildman–Crippen MR) is 70.3 cm³/mol. The van der Waals surface area contributed by atoms with Gasteiger partial charge in [0.1, 0.15) is 0 Å². The van der Waals surface area contributed by atoms with Crippen molar-refractivity contribution in [1.82, 2.24) is 4.98 Å². The first kappa shape index (κ1) is 13.1. The number of carboxylic acids is 1. The summed E-state index contributed by atoms with van der Waals surface area (Å²) in [5.41, 5.74) is 3.08. The van der Waals surface area contributed by atoms with E-state index in [0.29, 0.717) is 12.0 Å². The number of carboxylic acid groups (broad SMARTS) is 1. The summed E-state index contributed by atoms with van der Waals surface area (Å²) in [4.78, 5) is 25.3. The molecule has 0 bridgehead atoms. The molecule has 0 saturated carbocycles. The lowest BCUT2D eigenvalue weighted by atomic mass is 10.0. The van der Waals surface area contributed by atoms with Crippen molar-refractivity contribution in [2.75, 3.05) is 7.11 Å². The highest BCUT2D eigenvalue weighted by Gasteiger charge is 2.13. The van der Waals surface area contributed by atoms with Crippen LogP contribution in [0.2, 0.25) is 0 Å². The first-order valence-electron chi connectivity index (χ1n) is 5.93. The molecule has 5 heteroatoms. The van der Waals surface area contributed by atoms with Crippen molar-refractivity contribution >= 4 is 22.8 Å². The highest BCUT2D eigenvalue weighted by Crippen LogP contribution is 2.24. The second kappa shape index (κ2) is 5.14. The van der Waals surface area contributed by atoms with Gasteiger partial charge < -0.3 is 14.8 Å². The van der Waals surface area contributed by atoms with Crippen LogP contribution in [-0.2, 0) is 16.0 Å². The molecule has 0 radical (unpaired) electrons. The van der Waals surface area contributed by atoms with Crippen molar-refractivity contribution < 1.29 is 19.4 Å². The molecule has 0 aliphatic rings. The molecule has 0 fully saturated rings. The van der Waals surface area contributed by atoms with Crippen molar-refractivity contribution in [2.24, 2.45) is 0 Å². The number of benzene rings is 1. The van der Waals surface area contributed by atoms with E-state index < -0.39 is 5.97 Å². The maximum Gasteiger partial charge on any atom is 0.338 e. The average Bonchev–Trinajstić information content (AvgIpc) is 2.76. The number of aromatic amines is 1. The summed E-state index contributed by atoms with van der Waals surface area (Å²) in [5, 5.41) is 9.67. The molecule has 0 amide bonds. The molecule has 0 atom stereocenters. The van der Waals surface area contributed by atoms with Crippen molar-refractivity contribution in [2.45, 2.75) is 19.8 Å². The third-order valence-corrected chi connectivity index (χ3v) is 3.13.